The average Bonchev–Trinajstić information content (AvgIpc) is 3.18. The van der Waals surface area contributed by atoms with E-state index in [1.807, 2.05) is 30.3 Å². The molecule has 0 bridgehead atoms. The van der Waals surface area contributed by atoms with E-state index in [9.17, 15) is 14.0 Å². The van der Waals surface area contributed by atoms with Gasteiger partial charge >= 0.3 is 0 Å². The highest BCUT2D eigenvalue weighted by Crippen LogP contribution is 2.54. The lowest BCUT2D eigenvalue weighted by atomic mass is 10.0. The molecule has 2 aromatic carbocycles. The van der Waals surface area contributed by atoms with E-state index in [1.165, 1.54) is 12.1 Å². The van der Waals surface area contributed by atoms with Gasteiger partial charge in [0.2, 0.25) is 11.8 Å². The Kier molecular flexibility index (Phi) is 4.40. The van der Waals surface area contributed by atoms with Gasteiger partial charge in [-0.15, -0.1) is 11.8 Å². The number of fused-ring (bicyclic) bond motifs is 1. The van der Waals surface area contributed by atoms with Crippen molar-refractivity contribution in [3.05, 3.63) is 64.9 Å². The van der Waals surface area contributed by atoms with Gasteiger partial charge < -0.3 is 10.2 Å². The average molecular weight is 391 g/mol. The van der Waals surface area contributed by atoms with Crippen LogP contribution in [0.5, 0.6) is 0 Å². The third kappa shape index (κ3) is 2.77. The number of halogens is 2. The maximum absolute atomic E-state index is 14.0. The number of benzene rings is 2. The first-order valence-corrected chi connectivity index (χ1v) is 9.65. The summed E-state index contributed by atoms with van der Waals surface area (Å²) in [6.45, 7) is 0. The number of nitrogens with zero attached hydrogens (tertiary/aromatic N) is 1. The fourth-order valence-corrected chi connectivity index (χ4v) is 5.45. The summed E-state index contributed by atoms with van der Waals surface area (Å²) in [7, 11) is 0. The normalized spacial score (nSPS) is 24.6. The number of hydrogen-bond donors (Lipinski definition) is 1. The molecule has 2 aliphatic heterocycles. The number of rotatable bonds is 3. The van der Waals surface area contributed by atoms with Gasteiger partial charge in [-0.05, 0) is 30.2 Å². The fourth-order valence-electron chi connectivity index (χ4n) is 3.64. The second kappa shape index (κ2) is 6.59. The molecule has 2 saturated heterocycles. The van der Waals surface area contributed by atoms with Crippen molar-refractivity contribution in [3.8, 4) is 0 Å². The molecule has 0 saturated carbocycles. The molecule has 0 radical (unpaired) electrons. The fraction of sp³-hybridized carbons (Fsp3) is 0.263. The highest BCUT2D eigenvalue weighted by molar-refractivity contribution is 8.00. The van der Waals surface area contributed by atoms with E-state index in [0.29, 0.717) is 18.6 Å². The summed E-state index contributed by atoms with van der Waals surface area (Å²) in [5.74, 6) is -0.553. The molecular formula is C19H16ClFN2O2S. The van der Waals surface area contributed by atoms with Gasteiger partial charge in [0.15, 0.2) is 0 Å². The van der Waals surface area contributed by atoms with E-state index >= 15 is 0 Å². The van der Waals surface area contributed by atoms with E-state index in [4.69, 9.17) is 11.6 Å². The van der Waals surface area contributed by atoms with Crippen molar-refractivity contribution in [3.63, 3.8) is 0 Å². The molecule has 26 heavy (non-hydrogen) atoms. The second-order valence-electron chi connectivity index (χ2n) is 6.35. The summed E-state index contributed by atoms with van der Waals surface area (Å²) in [4.78, 5) is 26.5. The highest BCUT2D eigenvalue weighted by Gasteiger charge is 2.56. The highest BCUT2D eigenvalue weighted by atomic mass is 35.5. The monoisotopic (exact) mass is 390 g/mol. The zero-order valence-electron chi connectivity index (χ0n) is 13.7. The zero-order valence-corrected chi connectivity index (χ0v) is 15.3. The molecule has 2 atom stereocenters. The van der Waals surface area contributed by atoms with Crippen molar-refractivity contribution >= 4 is 40.9 Å². The van der Waals surface area contributed by atoms with Crippen molar-refractivity contribution in [2.45, 2.75) is 23.8 Å². The number of amides is 2. The maximum atomic E-state index is 14.0. The Balaban J connectivity index is 1.62. The molecule has 4 nitrogen and oxygen atoms in total. The molecule has 0 aromatic heterocycles. The van der Waals surface area contributed by atoms with Crippen LogP contribution in [0.4, 0.5) is 10.1 Å². The Morgan fingerprint density at radius 2 is 2.04 bits per heavy atom. The molecule has 0 aliphatic carbocycles. The summed E-state index contributed by atoms with van der Waals surface area (Å²) >= 11 is 7.35. The molecular weight excluding hydrogens is 375 g/mol. The van der Waals surface area contributed by atoms with Crippen LogP contribution < -0.4 is 5.32 Å². The van der Waals surface area contributed by atoms with Crippen molar-refractivity contribution < 1.29 is 14.0 Å². The van der Waals surface area contributed by atoms with Crippen LogP contribution in [-0.4, -0.2) is 28.5 Å². The zero-order chi connectivity index (χ0) is 18.3. The standard InChI is InChI=1S/C19H16ClFN2O2S/c20-13-6-7-15(14(21)10-13)22-18(25)16-11-26-19(9-8-17(24)23(16)19)12-4-2-1-3-5-12/h1-7,10,16H,8-9,11H2,(H,22,25)/t16-,19+/m0/s1. The first-order valence-electron chi connectivity index (χ1n) is 8.29. The molecule has 2 aliphatic rings. The van der Waals surface area contributed by atoms with Crippen LogP contribution in [0.1, 0.15) is 18.4 Å². The van der Waals surface area contributed by atoms with Gasteiger partial charge in [0.25, 0.3) is 0 Å². The quantitative estimate of drug-likeness (QED) is 0.861. The van der Waals surface area contributed by atoms with E-state index in [1.54, 1.807) is 16.7 Å². The lowest BCUT2D eigenvalue weighted by Crippen LogP contribution is -2.48. The first kappa shape index (κ1) is 17.4. The Labute approximate surface area is 159 Å². The number of nitrogens with one attached hydrogen (secondary N) is 1. The molecule has 0 unspecified atom stereocenters. The second-order valence-corrected chi connectivity index (χ2v) is 8.09. The van der Waals surface area contributed by atoms with Crippen LogP contribution in [-0.2, 0) is 14.5 Å². The molecule has 4 rings (SSSR count). The van der Waals surface area contributed by atoms with Crippen LogP contribution in [0.25, 0.3) is 0 Å². The third-order valence-electron chi connectivity index (χ3n) is 4.84. The van der Waals surface area contributed by atoms with Crippen molar-refractivity contribution in [1.82, 2.24) is 4.90 Å². The molecule has 2 heterocycles. The van der Waals surface area contributed by atoms with Crippen molar-refractivity contribution in [1.29, 1.82) is 0 Å². The van der Waals surface area contributed by atoms with Crippen molar-refractivity contribution in [2.75, 3.05) is 11.1 Å². The summed E-state index contributed by atoms with van der Waals surface area (Å²) < 4.78 is 14.0. The smallest absolute Gasteiger partial charge is 0.248 e. The molecule has 1 N–H and O–H groups in total. The number of carbonyl (C=O) groups is 2. The predicted octanol–water partition coefficient (Wildman–Crippen LogP) is 4.01. The predicted molar refractivity (Wildman–Crippen MR) is 100 cm³/mol. The van der Waals surface area contributed by atoms with Gasteiger partial charge in [-0.2, -0.15) is 0 Å². The lowest BCUT2D eigenvalue weighted by molar-refractivity contribution is -0.136. The Bertz CT molecular complexity index is 879. The molecule has 7 heteroatoms. The minimum atomic E-state index is -0.634. The third-order valence-corrected chi connectivity index (χ3v) is 6.68. The van der Waals surface area contributed by atoms with Gasteiger partial charge in [-0.25, -0.2) is 4.39 Å². The summed E-state index contributed by atoms with van der Waals surface area (Å²) in [5, 5.41) is 2.86. The largest absolute Gasteiger partial charge is 0.322 e. The van der Waals surface area contributed by atoms with E-state index in [2.05, 4.69) is 5.32 Å². The topological polar surface area (TPSA) is 49.4 Å². The van der Waals surface area contributed by atoms with Gasteiger partial charge in [0, 0.05) is 17.2 Å². The van der Waals surface area contributed by atoms with Crippen LogP contribution >= 0.6 is 23.4 Å². The Morgan fingerprint density at radius 1 is 1.27 bits per heavy atom. The van der Waals surface area contributed by atoms with Crippen molar-refractivity contribution in [2.24, 2.45) is 0 Å². The van der Waals surface area contributed by atoms with Crippen LogP contribution in [0.2, 0.25) is 5.02 Å². The van der Waals surface area contributed by atoms with Crippen LogP contribution in [0.15, 0.2) is 48.5 Å². The Hall–Kier alpha value is -2.05. The van der Waals surface area contributed by atoms with Crippen LogP contribution in [0.3, 0.4) is 0 Å². The number of thioether (sulfide) groups is 1. The molecule has 2 aromatic rings. The molecule has 134 valence electrons. The molecule has 2 amide bonds. The van der Waals surface area contributed by atoms with E-state index in [0.717, 1.165) is 11.6 Å². The minimum absolute atomic E-state index is 0.0458. The lowest BCUT2D eigenvalue weighted by Gasteiger charge is -2.34. The maximum Gasteiger partial charge on any atom is 0.248 e. The van der Waals surface area contributed by atoms with Gasteiger partial charge in [-0.1, -0.05) is 41.9 Å². The molecule has 2 fully saturated rings. The summed E-state index contributed by atoms with van der Waals surface area (Å²) in [5.41, 5.74) is 1.08. The van der Waals surface area contributed by atoms with Gasteiger partial charge in [0.05, 0.1) is 5.69 Å². The first-order chi connectivity index (χ1) is 12.5. The number of hydrogen-bond acceptors (Lipinski definition) is 3. The van der Waals surface area contributed by atoms with Gasteiger partial charge in [0.1, 0.15) is 16.7 Å². The number of anilines is 1. The van der Waals surface area contributed by atoms with Crippen LogP contribution in [0, 0.1) is 5.82 Å². The molecule has 0 spiro atoms. The summed E-state index contributed by atoms with van der Waals surface area (Å²) in [6, 6.07) is 13.2. The van der Waals surface area contributed by atoms with Gasteiger partial charge in [-0.3, -0.25) is 9.59 Å². The number of carbonyl (C=O) groups excluding carboxylic acids is 2. The van der Waals surface area contributed by atoms with E-state index < -0.39 is 16.7 Å². The van der Waals surface area contributed by atoms with E-state index in [-0.39, 0.29) is 22.5 Å². The summed E-state index contributed by atoms with van der Waals surface area (Å²) in [6.07, 6.45) is 1.07. The SMILES string of the molecule is O=C(Nc1ccc(Cl)cc1F)[C@@H]1CS[C@@]2(c3ccccc3)CCC(=O)N12. The minimum Gasteiger partial charge on any atom is -0.322 e. The Morgan fingerprint density at radius 3 is 2.77 bits per heavy atom.